The number of rotatable bonds is 7. The third-order valence-corrected chi connectivity index (χ3v) is 3.36. The lowest BCUT2D eigenvalue weighted by Gasteiger charge is -2.13. The zero-order valence-electron chi connectivity index (χ0n) is 15.0. The van der Waals surface area contributed by atoms with Gasteiger partial charge in [-0.3, -0.25) is 4.79 Å². The van der Waals surface area contributed by atoms with Crippen molar-refractivity contribution in [1.82, 2.24) is 15.0 Å². The number of ether oxygens (including phenoxy) is 1. The van der Waals surface area contributed by atoms with Gasteiger partial charge < -0.3 is 26.4 Å². The van der Waals surface area contributed by atoms with Crippen LogP contribution in [0.25, 0.3) is 0 Å². The van der Waals surface area contributed by atoms with Crippen LogP contribution < -0.4 is 26.4 Å². The second-order valence-electron chi connectivity index (χ2n) is 5.75. The van der Waals surface area contributed by atoms with Gasteiger partial charge in [-0.05, 0) is 12.1 Å². The van der Waals surface area contributed by atoms with Crippen molar-refractivity contribution in [3.05, 3.63) is 30.1 Å². The number of anilines is 3. The third kappa shape index (κ3) is 6.01. The molecule has 0 aliphatic heterocycles. The molecule has 1 aromatic carbocycles. The first-order valence-corrected chi connectivity index (χ1v) is 7.80. The van der Waals surface area contributed by atoms with Crippen molar-refractivity contribution in [3.63, 3.8) is 0 Å². The van der Waals surface area contributed by atoms with Crippen LogP contribution in [0.3, 0.4) is 0 Å². The molecule has 1 aromatic heterocycles. The summed E-state index contributed by atoms with van der Waals surface area (Å²) in [4.78, 5) is 26.0. The Bertz CT molecular complexity index is 742. The van der Waals surface area contributed by atoms with Crippen LogP contribution in [-0.4, -0.2) is 41.5 Å². The van der Waals surface area contributed by atoms with Crippen LogP contribution in [0.4, 0.5) is 17.6 Å². The van der Waals surface area contributed by atoms with E-state index in [4.69, 9.17) is 16.2 Å². The number of carbonyl (C=O) groups is 1. The van der Waals surface area contributed by atoms with E-state index in [-0.39, 0.29) is 43.3 Å². The van der Waals surface area contributed by atoms with Gasteiger partial charge in [0.2, 0.25) is 17.8 Å². The second kappa shape index (κ2) is 9.73. The number of halogens is 1. The van der Waals surface area contributed by atoms with Gasteiger partial charge in [-0.15, -0.1) is 12.4 Å². The van der Waals surface area contributed by atoms with Gasteiger partial charge in [0.1, 0.15) is 12.4 Å². The number of hydrogen-bond donors (Lipinski definition) is 3. The van der Waals surface area contributed by atoms with E-state index in [2.05, 4.69) is 20.3 Å². The van der Waals surface area contributed by atoms with Gasteiger partial charge in [-0.2, -0.15) is 15.0 Å². The summed E-state index contributed by atoms with van der Waals surface area (Å²) in [6.07, 6.45) is 0. The monoisotopic (exact) mass is 381 g/mol. The molecule has 142 valence electrons. The fourth-order valence-electron chi connectivity index (χ4n) is 1.87. The second-order valence-corrected chi connectivity index (χ2v) is 5.75. The van der Waals surface area contributed by atoms with Crippen LogP contribution >= 0.6 is 12.4 Å². The molecule has 0 aliphatic rings. The molecule has 2 rings (SSSR count). The van der Waals surface area contributed by atoms with E-state index in [1.165, 1.54) is 0 Å². The molecular formula is C16H24ClN7O2. The van der Waals surface area contributed by atoms with Crippen LogP contribution in [0, 0.1) is 5.92 Å². The number of nitrogens with two attached hydrogens (primary N) is 2. The van der Waals surface area contributed by atoms with Crippen molar-refractivity contribution in [2.24, 2.45) is 11.7 Å². The average Bonchev–Trinajstić information content (AvgIpc) is 2.59. The summed E-state index contributed by atoms with van der Waals surface area (Å²) in [6, 6.07) is 7.06. The highest BCUT2D eigenvalue weighted by Gasteiger charge is 2.11. The number of hydrogen-bond acceptors (Lipinski definition) is 8. The van der Waals surface area contributed by atoms with E-state index in [1.807, 2.05) is 14.1 Å². The molecule has 1 atom stereocenters. The number of nitrogen functional groups attached to an aromatic ring is 1. The summed E-state index contributed by atoms with van der Waals surface area (Å²) in [5, 5.41) is 2.80. The maximum atomic E-state index is 11.9. The summed E-state index contributed by atoms with van der Waals surface area (Å²) >= 11 is 0. The maximum Gasteiger partial charge on any atom is 0.230 e. The first-order valence-electron chi connectivity index (χ1n) is 7.80. The molecule has 26 heavy (non-hydrogen) atoms. The highest BCUT2D eigenvalue weighted by Crippen LogP contribution is 2.19. The van der Waals surface area contributed by atoms with Crippen LogP contribution in [0.1, 0.15) is 12.7 Å². The highest BCUT2D eigenvalue weighted by atomic mass is 35.5. The lowest BCUT2D eigenvalue weighted by molar-refractivity contribution is -0.119. The summed E-state index contributed by atoms with van der Waals surface area (Å²) in [5.41, 5.74) is 11.8. The summed E-state index contributed by atoms with van der Waals surface area (Å²) in [6.45, 7) is 2.18. The molecular weight excluding hydrogens is 358 g/mol. The minimum atomic E-state index is -0.262. The van der Waals surface area contributed by atoms with Crippen LogP contribution in [-0.2, 0) is 11.4 Å². The first kappa shape index (κ1) is 21.4. The van der Waals surface area contributed by atoms with E-state index in [9.17, 15) is 4.79 Å². The molecule has 0 aliphatic carbocycles. The predicted octanol–water partition coefficient (Wildman–Crippen LogP) is 1.05. The van der Waals surface area contributed by atoms with Crippen molar-refractivity contribution < 1.29 is 9.53 Å². The van der Waals surface area contributed by atoms with Crippen molar-refractivity contribution in [1.29, 1.82) is 0 Å². The first-order chi connectivity index (χ1) is 11.9. The molecule has 0 radical (unpaired) electrons. The largest absolute Gasteiger partial charge is 0.486 e. The minimum absolute atomic E-state index is 0. The minimum Gasteiger partial charge on any atom is -0.486 e. The fourth-order valence-corrected chi connectivity index (χ4v) is 1.87. The van der Waals surface area contributed by atoms with Gasteiger partial charge in [-0.1, -0.05) is 13.0 Å². The molecule has 0 bridgehead atoms. The van der Waals surface area contributed by atoms with Crippen molar-refractivity contribution in [2.75, 3.05) is 36.6 Å². The van der Waals surface area contributed by atoms with Crippen LogP contribution in [0.5, 0.6) is 5.75 Å². The third-order valence-electron chi connectivity index (χ3n) is 3.36. The number of nitrogens with one attached hydrogen (secondary N) is 1. The topological polar surface area (TPSA) is 132 Å². The standard InChI is InChI=1S/C16H23N7O2.ClH/c1-10(8-17)14(24)19-11-5-4-6-12(7-11)25-9-13-20-15(18)22-16(21-13)23(2)3;/h4-7,10H,8-9,17H2,1-3H3,(H,19,24)(H2,18,20,21,22);1H. The van der Waals surface area contributed by atoms with Crippen molar-refractivity contribution >= 4 is 35.9 Å². The highest BCUT2D eigenvalue weighted by molar-refractivity contribution is 5.92. The van der Waals surface area contributed by atoms with Crippen LogP contribution in [0.15, 0.2) is 24.3 Å². The van der Waals surface area contributed by atoms with E-state index in [0.29, 0.717) is 23.2 Å². The Balaban J connectivity index is 0.00000338. The van der Waals surface area contributed by atoms with Gasteiger partial charge in [-0.25, -0.2) is 0 Å². The van der Waals surface area contributed by atoms with E-state index < -0.39 is 0 Å². The molecule has 1 heterocycles. The Morgan fingerprint density at radius 2 is 2.04 bits per heavy atom. The van der Waals surface area contributed by atoms with Gasteiger partial charge in [0.15, 0.2) is 5.82 Å². The molecule has 1 unspecified atom stereocenters. The Morgan fingerprint density at radius 3 is 2.69 bits per heavy atom. The maximum absolute atomic E-state index is 11.9. The molecule has 0 spiro atoms. The summed E-state index contributed by atoms with van der Waals surface area (Å²) in [7, 11) is 3.63. The lowest BCUT2D eigenvalue weighted by Crippen LogP contribution is -2.26. The molecule has 9 nitrogen and oxygen atoms in total. The van der Waals surface area contributed by atoms with Gasteiger partial charge >= 0.3 is 0 Å². The summed E-state index contributed by atoms with van der Waals surface area (Å²) in [5.74, 6) is 1.19. The number of benzene rings is 1. The molecule has 0 saturated heterocycles. The molecule has 10 heteroatoms. The van der Waals surface area contributed by atoms with Gasteiger partial charge in [0, 0.05) is 38.3 Å². The molecule has 0 fully saturated rings. The lowest BCUT2D eigenvalue weighted by atomic mass is 10.1. The fraction of sp³-hybridized carbons (Fsp3) is 0.375. The Labute approximate surface area is 158 Å². The van der Waals surface area contributed by atoms with E-state index >= 15 is 0 Å². The average molecular weight is 382 g/mol. The zero-order valence-corrected chi connectivity index (χ0v) is 15.8. The van der Waals surface area contributed by atoms with E-state index in [1.54, 1.807) is 36.1 Å². The Morgan fingerprint density at radius 1 is 1.31 bits per heavy atom. The number of amides is 1. The SMILES string of the molecule is CC(CN)C(=O)Nc1cccc(OCc2nc(N)nc(N(C)C)n2)c1.Cl. The molecule has 5 N–H and O–H groups in total. The smallest absolute Gasteiger partial charge is 0.230 e. The zero-order chi connectivity index (χ0) is 18.4. The van der Waals surface area contributed by atoms with Gasteiger partial charge in [0.05, 0.1) is 0 Å². The quantitative estimate of drug-likeness (QED) is 0.648. The number of carbonyl (C=O) groups excluding carboxylic acids is 1. The predicted molar refractivity (Wildman–Crippen MR) is 103 cm³/mol. The van der Waals surface area contributed by atoms with Crippen LogP contribution in [0.2, 0.25) is 0 Å². The van der Waals surface area contributed by atoms with Crippen molar-refractivity contribution in [2.45, 2.75) is 13.5 Å². The summed E-state index contributed by atoms with van der Waals surface area (Å²) < 4.78 is 5.69. The number of aromatic nitrogens is 3. The van der Waals surface area contributed by atoms with Gasteiger partial charge in [0.25, 0.3) is 0 Å². The molecule has 2 aromatic rings. The molecule has 1 amide bonds. The molecule has 0 saturated carbocycles. The number of nitrogens with zero attached hydrogens (tertiary/aromatic N) is 4. The Kier molecular flexibility index (Phi) is 8.01. The Hall–Kier alpha value is -2.65. The normalized spacial score (nSPS) is 11.2. The van der Waals surface area contributed by atoms with E-state index in [0.717, 1.165) is 0 Å². The van der Waals surface area contributed by atoms with Crippen molar-refractivity contribution in [3.8, 4) is 5.75 Å².